The Morgan fingerprint density at radius 1 is 1.50 bits per heavy atom. The largest absolute Gasteiger partial charge is 0.394 e. The van der Waals surface area contributed by atoms with Crippen LogP contribution in [0.5, 0.6) is 0 Å². The van der Waals surface area contributed by atoms with Gasteiger partial charge in [0.1, 0.15) is 4.90 Å². The maximum atomic E-state index is 12.1. The van der Waals surface area contributed by atoms with Crippen molar-refractivity contribution in [2.45, 2.75) is 30.3 Å². The zero-order valence-electron chi connectivity index (χ0n) is 9.95. The summed E-state index contributed by atoms with van der Waals surface area (Å²) in [4.78, 5) is 0.127. The molecule has 0 saturated carbocycles. The van der Waals surface area contributed by atoms with E-state index in [1.54, 1.807) is 0 Å². The summed E-state index contributed by atoms with van der Waals surface area (Å²) >= 11 is 0. The van der Waals surface area contributed by atoms with Crippen LogP contribution in [0, 0.1) is 0 Å². The third-order valence-electron chi connectivity index (χ3n) is 2.79. The van der Waals surface area contributed by atoms with Gasteiger partial charge in [0.25, 0.3) is 0 Å². The molecule has 18 heavy (non-hydrogen) atoms. The van der Waals surface area contributed by atoms with E-state index < -0.39 is 10.0 Å². The second-order valence-corrected chi connectivity index (χ2v) is 5.88. The number of hydrogen-bond donors (Lipinski definition) is 2. The molecule has 1 aromatic heterocycles. The predicted molar refractivity (Wildman–Crippen MR) is 63.5 cm³/mol. The van der Waals surface area contributed by atoms with Gasteiger partial charge < -0.3 is 9.84 Å². The minimum atomic E-state index is -3.53. The fraction of sp³-hybridized carbons (Fsp3) is 0.700. The summed E-state index contributed by atoms with van der Waals surface area (Å²) in [5, 5.41) is 12.6. The van der Waals surface area contributed by atoms with E-state index in [0.717, 1.165) is 0 Å². The summed E-state index contributed by atoms with van der Waals surface area (Å²) in [5.74, 6) is 0. The van der Waals surface area contributed by atoms with Crippen molar-refractivity contribution in [2.24, 2.45) is 0 Å². The quantitative estimate of drug-likeness (QED) is 0.743. The van der Waals surface area contributed by atoms with E-state index >= 15 is 0 Å². The Bertz CT molecular complexity index is 479. The van der Waals surface area contributed by atoms with Crippen LogP contribution >= 0.6 is 0 Å². The van der Waals surface area contributed by atoms with Gasteiger partial charge in [-0.2, -0.15) is 5.10 Å². The van der Waals surface area contributed by atoms with Gasteiger partial charge in [0, 0.05) is 25.5 Å². The molecule has 1 aliphatic rings. The van der Waals surface area contributed by atoms with Crippen LogP contribution in [0.25, 0.3) is 0 Å². The Morgan fingerprint density at radius 2 is 2.22 bits per heavy atom. The first kappa shape index (κ1) is 13.5. The van der Waals surface area contributed by atoms with Crippen molar-refractivity contribution in [2.75, 3.05) is 19.8 Å². The third-order valence-corrected chi connectivity index (χ3v) is 4.27. The highest BCUT2D eigenvalue weighted by atomic mass is 32.2. The lowest BCUT2D eigenvalue weighted by Crippen LogP contribution is -2.38. The number of aliphatic hydroxyl groups is 1. The molecule has 1 fully saturated rings. The molecule has 1 saturated heterocycles. The van der Waals surface area contributed by atoms with Gasteiger partial charge in [-0.1, -0.05) is 0 Å². The van der Waals surface area contributed by atoms with E-state index in [1.165, 1.54) is 17.1 Å². The highest BCUT2D eigenvalue weighted by molar-refractivity contribution is 7.89. The maximum Gasteiger partial charge on any atom is 0.243 e. The number of aliphatic hydroxyl groups excluding tert-OH is 1. The van der Waals surface area contributed by atoms with Crippen LogP contribution in [-0.4, -0.2) is 49.2 Å². The number of nitrogens with one attached hydrogen (secondary N) is 1. The van der Waals surface area contributed by atoms with E-state index in [-0.39, 0.29) is 24.1 Å². The molecule has 0 unspecified atom stereocenters. The molecule has 0 bridgehead atoms. The molecular formula is C10H17N3O4S. The molecule has 0 aromatic carbocycles. The van der Waals surface area contributed by atoms with Crippen LogP contribution in [0.3, 0.4) is 0 Å². The van der Waals surface area contributed by atoms with Gasteiger partial charge in [-0.15, -0.1) is 0 Å². The van der Waals surface area contributed by atoms with Gasteiger partial charge in [-0.05, 0) is 12.8 Å². The van der Waals surface area contributed by atoms with Crippen molar-refractivity contribution >= 4 is 10.0 Å². The molecule has 0 atom stereocenters. The Hall–Kier alpha value is -0.960. The average Bonchev–Trinajstić information content (AvgIpc) is 2.80. The molecule has 0 amide bonds. The summed E-state index contributed by atoms with van der Waals surface area (Å²) in [6.45, 7) is 1.37. The first-order chi connectivity index (χ1) is 8.62. The van der Waals surface area contributed by atoms with E-state index in [1.807, 2.05) is 0 Å². The van der Waals surface area contributed by atoms with E-state index in [0.29, 0.717) is 26.1 Å². The number of ether oxygens (including phenoxy) is 1. The second-order valence-electron chi connectivity index (χ2n) is 4.17. The summed E-state index contributed by atoms with van der Waals surface area (Å²) in [6, 6.07) is -0.0788. The van der Waals surface area contributed by atoms with E-state index in [4.69, 9.17) is 9.84 Å². The van der Waals surface area contributed by atoms with Crippen molar-refractivity contribution in [3.63, 3.8) is 0 Å². The maximum absolute atomic E-state index is 12.1. The number of rotatable bonds is 5. The fourth-order valence-corrected chi connectivity index (χ4v) is 3.07. The molecule has 2 N–H and O–H groups in total. The van der Waals surface area contributed by atoms with Crippen molar-refractivity contribution in [1.29, 1.82) is 0 Å². The minimum absolute atomic E-state index is 0.0748. The van der Waals surface area contributed by atoms with Gasteiger partial charge >= 0.3 is 0 Å². The second kappa shape index (κ2) is 5.79. The normalized spacial score (nSPS) is 18.1. The monoisotopic (exact) mass is 275 g/mol. The molecule has 0 spiro atoms. The highest BCUT2D eigenvalue weighted by Crippen LogP contribution is 2.12. The number of sulfonamides is 1. The van der Waals surface area contributed by atoms with Gasteiger partial charge in [0.05, 0.1) is 19.3 Å². The van der Waals surface area contributed by atoms with Crippen molar-refractivity contribution in [1.82, 2.24) is 14.5 Å². The van der Waals surface area contributed by atoms with Gasteiger partial charge in [-0.25, -0.2) is 13.1 Å². The Kier molecular flexibility index (Phi) is 4.33. The molecule has 0 aliphatic carbocycles. The zero-order valence-corrected chi connectivity index (χ0v) is 10.8. The molecule has 1 aromatic rings. The molecular weight excluding hydrogens is 258 g/mol. The molecule has 102 valence electrons. The fourth-order valence-electron chi connectivity index (χ4n) is 1.81. The summed E-state index contributed by atoms with van der Waals surface area (Å²) in [6.07, 6.45) is 4.07. The molecule has 2 heterocycles. The Balaban J connectivity index is 2.04. The van der Waals surface area contributed by atoms with E-state index in [9.17, 15) is 8.42 Å². The van der Waals surface area contributed by atoms with Crippen LogP contribution in [0.15, 0.2) is 17.3 Å². The minimum Gasteiger partial charge on any atom is -0.394 e. The summed E-state index contributed by atoms with van der Waals surface area (Å²) in [5.41, 5.74) is 0. The Labute approximate surface area is 106 Å². The molecule has 7 nitrogen and oxygen atoms in total. The number of aromatic nitrogens is 2. The van der Waals surface area contributed by atoms with Crippen molar-refractivity contribution in [3.05, 3.63) is 12.4 Å². The van der Waals surface area contributed by atoms with Crippen LogP contribution in [0.2, 0.25) is 0 Å². The first-order valence-electron chi connectivity index (χ1n) is 5.85. The molecule has 8 heteroatoms. The first-order valence-corrected chi connectivity index (χ1v) is 7.33. The number of hydrogen-bond acceptors (Lipinski definition) is 5. The third kappa shape index (κ3) is 3.29. The average molecular weight is 275 g/mol. The smallest absolute Gasteiger partial charge is 0.243 e. The van der Waals surface area contributed by atoms with Crippen molar-refractivity contribution in [3.8, 4) is 0 Å². The van der Waals surface area contributed by atoms with E-state index in [2.05, 4.69) is 9.82 Å². The van der Waals surface area contributed by atoms with Gasteiger partial charge in [0.2, 0.25) is 10.0 Å². The SMILES string of the molecule is O=S(=O)(NC1CCOCC1)c1cnn(CCO)c1. The number of nitrogens with zero attached hydrogens (tertiary/aromatic N) is 2. The van der Waals surface area contributed by atoms with Gasteiger partial charge in [-0.3, -0.25) is 4.68 Å². The summed E-state index contributed by atoms with van der Waals surface area (Å²) in [7, 11) is -3.53. The molecule has 0 radical (unpaired) electrons. The van der Waals surface area contributed by atoms with Crippen molar-refractivity contribution < 1.29 is 18.3 Å². The van der Waals surface area contributed by atoms with Gasteiger partial charge in [0.15, 0.2) is 0 Å². The lowest BCUT2D eigenvalue weighted by molar-refractivity contribution is 0.0832. The molecule has 2 rings (SSSR count). The molecule has 1 aliphatic heterocycles. The van der Waals surface area contributed by atoms with Crippen LogP contribution in [-0.2, 0) is 21.3 Å². The van der Waals surface area contributed by atoms with Crippen LogP contribution < -0.4 is 4.72 Å². The highest BCUT2D eigenvalue weighted by Gasteiger charge is 2.23. The Morgan fingerprint density at radius 3 is 2.89 bits per heavy atom. The predicted octanol–water partition coefficient (Wildman–Crippen LogP) is -0.667. The van der Waals surface area contributed by atoms with Crippen LogP contribution in [0.1, 0.15) is 12.8 Å². The van der Waals surface area contributed by atoms with Crippen LogP contribution in [0.4, 0.5) is 0 Å². The zero-order chi connectivity index (χ0) is 13.0. The topological polar surface area (TPSA) is 93.5 Å². The lowest BCUT2D eigenvalue weighted by Gasteiger charge is -2.22. The standard InChI is InChI=1S/C10H17N3O4S/c14-4-3-13-8-10(7-11-13)18(15,16)12-9-1-5-17-6-2-9/h7-9,12,14H,1-6H2. The lowest BCUT2D eigenvalue weighted by atomic mass is 10.1. The summed E-state index contributed by atoms with van der Waals surface area (Å²) < 4.78 is 33.3.